The lowest BCUT2D eigenvalue weighted by Gasteiger charge is -2.40. The Balaban J connectivity index is 1.64. The number of hydrogen-bond acceptors (Lipinski definition) is 2. The summed E-state index contributed by atoms with van der Waals surface area (Å²) in [4.78, 5) is -4.26. The third-order valence-electron chi connectivity index (χ3n) is 7.52. The van der Waals surface area contributed by atoms with Crippen molar-refractivity contribution in [1.29, 1.82) is 0 Å². The van der Waals surface area contributed by atoms with Gasteiger partial charge in [0.1, 0.15) is 21.3 Å². The minimum atomic E-state index is -9.99. The van der Waals surface area contributed by atoms with Crippen LogP contribution >= 0.6 is 20.4 Å². The first-order chi connectivity index (χ1) is 20.9. The monoisotopic (exact) mass is 690 g/mol. The number of hydrogen-bond donors (Lipinski definition) is 2. The van der Waals surface area contributed by atoms with Crippen molar-refractivity contribution >= 4 is 42.0 Å². The molecule has 6 aromatic rings. The molecule has 0 saturated carbocycles. The Morgan fingerprint density at radius 3 is 1.00 bits per heavy atom. The highest BCUT2D eigenvalue weighted by molar-refractivity contribution is 8.46. The molecule has 0 unspecified atom stereocenters. The van der Waals surface area contributed by atoms with Gasteiger partial charge in [-0.15, -0.1) is 0 Å². The summed E-state index contributed by atoms with van der Waals surface area (Å²) in [6, 6.07) is 19.6. The fraction of sp³-hybridized carbons (Fsp3) is 0. The average Bonchev–Trinajstić information content (AvgIpc) is 2.95. The summed E-state index contributed by atoms with van der Waals surface area (Å²) in [5.74, 6) is -1.10. The second-order valence-corrected chi connectivity index (χ2v) is 15.5. The molecule has 0 spiro atoms. The summed E-state index contributed by atoms with van der Waals surface area (Å²) in [5.41, 5.74) is -0.329. The predicted molar refractivity (Wildman–Crippen MR) is 164 cm³/mol. The lowest BCUT2D eigenvalue weighted by molar-refractivity contribution is 0.360. The predicted octanol–water partition coefficient (Wildman–Crippen LogP) is 13.7. The smallest absolute Gasteiger partial charge is 0.310 e. The molecule has 0 aliphatic heterocycles. The van der Waals surface area contributed by atoms with Crippen LogP contribution in [0, 0.1) is 0 Å². The lowest BCUT2D eigenvalue weighted by Crippen LogP contribution is -2.05. The van der Waals surface area contributed by atoms with Crippen LogP contribution in [-0.4, -0.2) is 10.2 Å². The molecule has 2 N–H and O–H groups in total. The third-order valence-corrected chi connectivity index (χ3v) is 9.84. The van der Waals surface area contributed by atoms with Crippen LogP contribution < -0.4 is 0 Å². The molecular weight excluding hydrogens is 670 g/mol. The molecular formula is C32H20F10O2S2. The number of phenolic OH excluding ortho intramolecular Hbond substituents is 2. The van der Waals surface area contributed by atoms with Crippen LogP contribution in [0.5, 0.6) is 11.5 Å². The molecule has 46 heavy (non-hydrogen) atoms. The highest BCUT2D eigenvalue weighted by Gasteiger charge is 2.66. The first-order valence-electron chi connectivity index (χ1n) is 13.1. The Bertz CT molecular complexity index is 2060. The van der Waals surface area contributed by atoms with Gasteiger partial charge in [-0.25, -0.2) is 0 Å². The Morgan fingerprint density at radius 1 is 0.391 bits per heavy atom. The van der Waals surface area contributed by atoms with Crippen LogP contribution in [0.2, 0.25) is 0 Å². The molecule has 242 valence electrons. The normalized spacial score (nSPS) is 15.6. The maximum atomic E-state index is 13.4. The fourth-order valence-corrected chi connectivity index (χ4v) is 6.70. The zero-order chi connectivity index (χ0) is 33.6. The van der Waals surface area contributed by atoms with Crippen LogP contribution in [0.3, 0.4) is 0 Å². The molecule has 2 nitrogen and oxygen atoms in total. The average molecular weight is 691 g/mol. The molecule has 6 aromatic carbocycles. The van der Waals surface area contributed by atoms with E-state index in [2.05, 4.69) is 0 Å². The first kappa shape index (κ1) is 31.4. The molecule has 0 aromatic heterocycles. The number of aromatic hydroxyl groups is 2. The Hall–Kier alpha value is -4.56. The van der Waals surface area contributed by atoms with Gasteiger partial charge in [-0.1, -0.05) is 112 Å². The van der Waals surface area contributed by atoms with Crippen molar-refractivity contribution in [2.24, 2.45) is 0 Å². The summed E-state index contributed by atoms with van der Waals surface area (Å²) in [5, 5.41) is 24.9. The molecule has 0 saturated heterocycles. The van der Waals surface area contributed by atoms with Gasteiger partial charge in [-0.3, -0.25) is 0 Å². The number of benzene rings is 6. The maximum Gasteiger partial charge on any atom is 0.310 e. The van der Waals surface area contributed by atoms with Crippen molar-refractivity contribution < 1.29 is 49.1 Å². The number of halogens is 10. The van der Waals surface area contributed by atoms with Gasteiger partial charge in [0.05, 0.1) is 0 Å². The quantitative estimate of drug-likeness (QED) is 0.177. The molecule has 0 aliphatic rings. The van der Waals surface area contributed by atoms with Crippen molar-refractivity contribution in [2.45, 2.75) is 9.79 Å². The summed E-state index contributed by atoms with van der Waals surface area (Å²) >= 11 is 0. The molecule has 0 radical (unpaired) electrons. The van der Waals surface area contributed by atoms with E-state index in [1.807, 2.05) is 0 Å². The molecule has 0 atom stereocenters. The number of phenols is 2. The maximum absolute atomic E-state index is 13.4. The molecule has 0 heterocycles. The second-order valence-electron chi connectivity index (χ2n) is 10.7. The van der Waals surface area contributed by atoms with Crippen molar-refractivity contribution in [3.05, 3.63) is 109 Å². The van der Waals surface area contributed by atoms with E-state index in [0.29, 0.717) is 21.5 Å². The van der Waals surface area contributed by atoms with E-state index in [1.54, 1.807) is 48.5 Å². The van der Waals surface area contributed by atoms with Crippen LogP contribution in [-0.2, 0) is 0 Å². The van der Waals surface area contributed by atoms with E-state index in [-0.39, 0.29) is 57.6 Å². The van der Waals surface area contributed by atoms with E-state index in [1.165, 1.54) is 12.1 Å². The van der Waals surface area contributed by atoms with Crippen molar-refractivity contribution in [1.82, 2.24) is 0 Å². The summed E-state index contributed by atoms with van der Waals surface area (Å²) in [6.45, 7) is 0. The van der Waals surface area contributed by atoms with E-state index < -0.39 is 41.7 Å². The lowest BCUT2D eigenvalue weighted by atomic mass is 9.86. The SMILES string of the molecule is Oc1c(-c2ccc(S(F)(F)(F)(F)F)cc2)cc2ccccc2c1-c1c(O)c(-c2ccc(S(F)(F)(F)(F)F)cc2)cc2ccccc12. The van der Waals surface area contributed by atoms with Gasteiger partial charge in [-0.05, 0) is 69.1 Å². The molecule has 0 bridgehead atoms. The van der Waals surface area contributed by atoms with Crippen LogP contribution in [0.4, 0.5) is 38.9 Å². The van der Waals surface area contributed by atoms with Crippen LogP contribution in [0.15, 0.2) is 119 Å². The van der Waals surface area contributed by atoms with Gasteiger partial charge in [0.15, 0.2) is 0 Å². The zero-order valence-electron chi connectivity index (χ0n) is 22.9. The van der Waals surface area contributed by atoms with Gasteiger partial charge in [0.25, 0.3) is 0 Å². The summed E-state index contributed by atoms with van der Waals surface area (Å²) in [7, 11) is -20.0. The first-order valence-corrected chi connectivity index (χ1v) is 17.0. The molecule has 0 fully saturated rings. The van der Waals surface area contributed by atoms with Crippen molar-refractivity contribution in [3.8, 4) is 44.9 Å². The Morgan fingerprint density at radius 2 is 0.696 bits per heavy atom. The fourth-order valence-electron chi connectivity index (χ4n) is 5.40. The highest BCUT2D eigenvalue weighted by atomic mass is 32.5. The van der Waals surface area contributed by atoms with Gasteiger partial charge in [0, 0.05) is 22.3 Å². The Kier molecular flexibility index (Phi) is 5.89. The largest absolute Gasteiger partial charge is 0.507 e. The van der Waals surface area contributed by atoms with E-state index >= 15 is 0 Å². The van der Waals surface area contributed by atoms with Crippen LogP contribution in [0.1, 0.15) is 0 Å². The minimum Gasteiger partial charge on any atom is -0.507 e. The molecule has 0 aliphatic carbocycles. The van der Waals surface area contributed by atoms with Crippen molar-refractivity contribution in [2.75, 3.05) is 0 Å². The van der Waals surface area contributed by atoms with Crippen LogP contribution in [0.25, 0.3) is 54.9 Å². The topological polar surface area (TPSA) is 40.5 Å². The number of rotatable bonds is 5. The van der Waals surface area contributed by atoms with Gasteiger partial charge in [0.2, 0.25) is 0 Å². The van der Waals surface area contributed by atoms with E-state index in [4.69, 9.17) is 0 Å². The third kappa shape index (κ3) is 5.66. The van der Waals surface area contributed by atoms with Gasteiger partial charge < -0.3 is 10.2 Å². The van der Waals surface area contributed by atoms with Gasteiger partial charge in [-0.2, -0.15) is 0 Å². The molecule has 14 heteroatoms. The second kappa shape index (κ2) is 8.62. The summed E-state index contributed by atoms with van der Waals surface area (Å²) in [6.07, 6.45) is 0. The van der Waals surface area contributed by atoms with E-state index in [0.717, 1.165) is 24.3 Å². The zero-order valence-corrected chi connectivity index (χ0v) is 24.5. The number of fused-ring (bicyclic) bond motifs is 2. The minimum absolute atomic E-state index is 0.0240. The van der Waals surface area contributed by atoms with Gasteiger partial charge >= 0.3 is 20.4 Å². The molecule has 6 rings (SSSR count). The highest BCUT2D eigenvalue weighted by Crippen LogP contribution is 3.02. The summed E-state index contributed by atoms with van der Waals surface area (Å²) < 4.78 is 134. The standard InChI is InChI=1S/C32H20F10O2S2/c33-45(34,35,36,37)23-13-9-19(10-14-23)27-17-21-5-1-3-7-25(21)29(31(27)43)30-26-8-4-2-6-22(26)18-28(32(30)44)20-11-15-24(16-12-20)46(38,39,40,41)42/h1-18,43-44H. The van der Waals surface area contributed by atoms with E-state index in [9.17, 15) is 49.1 Å². The molecule has 0 amide bonds. The Labute approximate surface area is 254 Å². The van der Waals surface area contributed by atoms with Crippen molar-refractivity contribution in [3.63, 3.8) is 0 Å².